The van der Waals surface area contributed by atoms with Gasteiger partial charge in [0.15, 0.2) is 15.4 Å². The molecule has 4 aromatic rings. The topological polar surface area (TPSA) is 102 Å². The maximum atomic E-state index is 12.3. The first-order valence-corrected chi connectivity index (χ1v) is 12.0. The van der Waals surface area contributed by atoms with E-state index >= 15 is 0 Å². The van der Waals surface area contributed by atoms with Crippen LogP contribution in [0.1, 0.15) is 25.6 Å². The molecule has 9 heteroatoms. The highest BCUT2D eigenvalue weighted by Crippen LogP contribution is 2.27. The van der Waals surface area contributed by atoms with E-state index in [9.17, 15) is 13.2 Å². The molecule has 1 amide bonds. The van der Waals surface area contributed by atoms with Gasteiger partial charge in [0.25, 0.3) is 5.22 Å². The van der Waals surface area contributed by atoms with E-state index < -0.39 is 9.84 Å². The van der Waals surface area contributed by atoms with Crippen molar-refractivity contribution < 1.29 is 22.0 Å². The van der Waals surface area contributed by atoms with Gasteiger partial charge in [0, 0.05) is 5.39 Å². The molecule has 1 atom stereocenters. The zero-order valence-corrected chi connectivity index (χ0v) is 18.0. The van der Waals surface area contributed by atoms with Crippen molar-refractivity contribution in [3.05, 3.63) is 54.3 Å². The summed E-state index contributed by atoms with van der Waals surface area (Å²) in [6, 6.07) is 13.9. The number of hydrogen-bond acceptors (Lipinski definition) is 7. The molecule has 2 aromatic carbocycles. The highest BCUT2D eigenvalue weighted by Gasteiger charge is 2.17. The van der Waals surface area contributed by atoms with Crippen molar-refractivity contribution in [2.45, 2.75) is 30.0 Å². The predicted octanol–water partition coefficient (Wildman–Crippen LogP) is 4.34. The molecule has 4 rings (SSSR count). The number of aromatic nitrogens is 1. The molecule has 2 heterocycles. The SMILES string of the molecule is CCS(=O)(=O)c1ccc2oc(SCC(=O)N[C@@H](C)c3cc4ccccc4o3)nc2c1. The van der Waals surface area contributed by atoms with Crippen LogP contribution in [0.3, 0.4) is 0 Å². The first-order chi connectivity index (χ1) is 14.4. The number of rotatable bonds is 7. The van der Waals surface area contributed by atoms with Crippen LogP contribution < -0.4 is 5.32 Å². The number of nitrogens with zero attached hydrogens (tertiary/aromatic N) is 1. The molecule has 0 aliphatic carbocycles. The van der Waals surface area contributed by atoms with Crippen LogP contribution in [0.5, 0.6) is 0 Å². The van der Waals surface area contributed by atoms with Gasteiger partial charge in [0.2, 0.25) is 5.91 Å². The van der Waals surface area contributed by atoms with E-state index in [-0.39, 0.29) is 28.4 Å². The van der Waals surface area contributed by atoms with Crippen molar-refractivity contribution in [1.82, 2.24) is 10.3 Å². The average Bonchev–Trinajstić information content (AvgIpc) is 3.35. The number of oxazole rings is 1. The fourth-order valence-corrected chi connectivity index (χ4v) is 4.55. The second-order valence-electron chi connectivity index (χ2n) is 6.78. The fraction of sp³-hybridized carbons (Fsp3) is 0.238. The highest BCUT2D eigenvalue weighted by atomic mass is 32.2. The highest BCUT2D eigenvalue weighted by molar-refractivity contribution is 7.99. The van der Waals surface area contributed by atoms with Crippen molar-refractivity contribution in [3.8, 4) is 0 Å². The number of amides is 1. The summed E-state index contributed by atoms with van der Waals surface area (Å²) in [7, 11) is -3.32. The zero-order valence-electron chi connectivity index (χ0n) is 16.4. The van der Waals surface area contributed by atoms with Gasteiger partial charge >= 0.3 is 0 Å². The molecule has 0 spiro atoms. The van der Waals surface area contributed by atoms with Crippen molar-refractivity contribution in [3.63, 3.8) is 0 Å². The second-order valence-corrected chi connectivity index (χ2v) is 9.98. The van der Waals surface area contributed by atoms with E-state index in [2.05, 4.69) is 10.3 Å². The van der Waals surface area contributed by atoms with E-state index in [1.54, 1.807) is 13.0 Å². The molecular formula is C21H20N2O5S2. The molecule has 156 valence electrons. The van der Waals surface area contributed by atoms with Gasteiger partial charge in [-0.05, 0) is 37.3 Å². The Labute approximate surface area is 177 Å². The molecule has 0 bridgehead atoms. The van der Waals surface area contributed by atoms with Gasteiger partial charge in [0.05, 0.1) is 22.4 Å². The van der Waals surface area contributed by atoms with Gasteiger partial charge in [-0.2, -0.15) is 0 Å². The van der Waals surface area contributed by atoms with Crippen LogP contribution in [0, 0.1) is 0 Å². The summed E-state index contributed by atoms with van der Waals surface area (Å²) >= 11 is 1.15. The summed E-state index contributed by atoms with van der Waals surface area (Å²) in [5, 5.41) is 4.19. The number of sulfone groups is 1. The number of carbonyl (C=O) groups excluding carboxylic acids is 1. The van der Waals surface area contributed by atoms with E-state index in [0.29, 0.717) is 22.1 Å². The van der Waals surface area contributed by atoms with Crippen LogP contribution in [0.4, 0.5) is 0 Å². The maximum absolute atomic E-state index is 12.3. The van der Waals surface area contributed by atoms with Crippen LogP contribution in [0.25, 0.3) is 22.1 Å². The number of fused-ring (bicyclic) bond motifs is 2. The Morgan fingerprint density at radius 1 is 1.13 bits per heavy atom. The van der Waals surface area contributed by atoms with Gasteiger partial charge in [-0.25, -0.2) is 13.4 Å². The summed E-state index contributed by atoms with van der Waals surface area (Å²) in [5.41, 5.74) is 1.70. The van der Waals surface area contributed by atoms with E-state index in [1.807, 2.05) is 37.3 Å². The fourth-order valence-electron chi connectivity index (χ4n) is 3.01. The van der Waals surface area contributed by atoms with Crippen molar-refractivity contribution in [2.75, 3.05) is 11.5 Å². The molecule has 0 aliphatic rings. The van der Waals surface area contributed by atoms with Crippen molar-refractivity contribution >= 4 is 49.6 Å². The Balaban J connectivity index is 1.40. The lowest BCUT2D eigenvalue weighted by Gasteiger charge is -2.10. The van der Waals surface area contributed by atoms with Gasteiger partial charge in [0.1, 0.15) is 16.9 Å². The molecular weight excluding hydrogens is 424 g/mol. The zero-order chi connectivity index (χ0) is 21.3. The van der Waals surface area contributed by atoms with Crippen LogP contribution in [0.15, 0.2) is 67.5 Å². The van der Waals surface area contributed by atoms with E-state index in [4.69, 9.17) is 8.83 Å². The van der Waals surface area contributed by atoms with Crippen LogP contribution in [-0.4, -0.2) is 30.8 Å². The van der Waals surface area contributed by atoms with Crippen LogP contribution in [0.2, 0.25) is 0 Å². The summed E-state index contributed by atoms with van der Waals surface area (Å²) in [4.78, 5) is 16.8. The Morgan fingerprint density at radius 3 is 2.70 bits per heavy atom. The number of para-hydroxylation sites is 1. The standard InChI is InChI=1S/C21H20N2O5S2/c1-3-30(25,26)15-8-9-18-16(11-15)23-21(28-18)29-12-20(24)22-13(2)19-10-14-6-4-5-7-17(14)27-19/h4-11,13H,3,12H2,1-2H3,(H,22,24)/t13-/m0/s1. The molecule has 0 radical (unpaired) electrons. The van der Waals surface area contributed by atoms with Gasteiger partial charge in [-0.1, -0.05) is 36.9 Å². The maximum Gasteiger partial charge on any atom is 0.257 e. The molecule has 0 fully saturated rings. The number of furan rings is 1. The first-order valence-electron chi connectivity index (χ1n) is 9.39. The Kier molecular flexibility index (Phi) is 5.57. The molecule has 0 saturated carbocycles. The minimum Gasteiger partial charge on any atom is -0.459 e. The summed E-state index contributed by atoms with van der Waals surface area (Å²) in [5.74, 6) is 0.615. The minimum atomic E-state index is -3.32. The van der Waals surface area contributed by atoms with Crippen molar-refractivity contribution in [1.29, 1.82) is 0 Å². The lowest BCUT2D eigenvalue weighted by atomic mass is 10.2. The van der Waals surface area contributed by atoms with Crippen LogP contribution >= 0.6 is 11.8 Å². The third-order valence-electron chi connectivity index (χ3n) is 4.65. The predicted molar refractivity (Wildman–Crippen MR) is 115 cm³/mol. The summed E-state index contributed by atoms with van der Waals surface area (Å²) in [6.07, 6.45) is 0. The van der Waals surface area contributed by atoms with Crippen LogP contribution in [-0.2, 0) is 14.6 Å². The second kappa shape index (κ2) is 8.16. The van der Waals surface area contributed by atoms with Gasteiger partial charge in [-0.3, -0.25) is 4.79 Å². The molecule has 0 saturated heterocycles. The van der Waals surface area contributed by atoms with E-state index in [0.717, 1.165) is 22.7 Å². The third-order valence-corrected chi connectivity index (χ3v) is 7.21. The molecule has 7 nitrogen and oxygen atoms in total. The largest absolute Gasteiger partial charge is 0.459 e. The molecule has 1 N–H and O–H groups in total. The Morgan fingerprint density at radius 2 is 1.93 bits per heavy atom. The minimum absolute atomic E-state index is 0.0154. The Bertz CT molecular complexity index is 1290. The van der Waals surface area contributed by atoms with Crippen molar-refractivity contribution in [2.24, 2.45) is 0 Å². The number of nitrogens with one attached hydrogen (secondary N) is 1. The number of thioether (sulfide) groups is 1. The van der Waals surface area contributed by atoms with E-state index in [1.165, 1.54) is 12.1 Å². The lowest BCUT2D eigenvalue weighted by molar-refractivity contribution is -0.119. The third kappa shape index (κ3) is 4.22. The average molecular weight is 445 g/mol. The quantitative estimate of drug-likeness (QED) is 0.423. The lowest BCUT2D eigenvalue weighted by Crippen LogP contribution is -2.27. The molecule has 30 heavy (non-hydrogen) atoms. The molecule has 2 aromatic heterocycles. The number of benzene rings is 2. The number of hydrogen-bond donors (Lipinski definition) is 1. The Hall–Kier alpha value is -2.78. The smallest absolute Gasteiger partial charge is 0.257 e. The molecule has 0 unspecified atom stereocenters. The van der Waals surface area contributed by atoms with Gasteiger partial charge < -0.3 is 14.2 Å². The molecule has 0 aliphatic heterocycles. The van der Waals surface area contributed by atoms with Gasteiger partial charge in [-0.15, -0.1) is 0 Å². The summed E-state index contributed by atoms with van der Waals surface area (Å²) < 4.78 is 35.4. The summed E-state index contributed by atoms with van der Waals surface area (Å²) in [6.45, 7) is 3.45. The number of carbonyl (C=O) groups is 1. The normalized spacial score (nSPS) is 13.0. The monoisotopic (exact) mass is 444 g/mol. The first kappa shape index (κ1) is 20.5.